The van der Waals surface area contributed by atoms with Crippen molar-refractivity contribution >= 4 is 17.6 Å². The Labute approximate surface area is 93.0 Å². The van der Waals surface area contributed by atoms with Gasteiger partial charge in [0.25, 0.3) is 0 Å². The van der Waals surface area contributed by atoms with Gasteiger partial charge < -0.3 is 15.2 Å². The highest BCUT2D eigenvalue weighted by atomic mass is 16.5. The topological polar surface area (TPSA) is 75.6 Å². The van der Waals surface area contributed by atoms with Crippen molar-refractivity contribution in [3.63, 3.8) is 0 Å². The van der Waals surface area contributed by atoms with Crippen molar-refractivity contribution in [2.24, 2.45) is 0 Å². The number of nitrogens with one attached hydrogen (secondary N) is 1. The second-order valence-electron chi connectivity index (χ2n) is 3.30. The van der Waals surface area contributed by atoms with E-state index in [1.165, 1.54) is 26.2 Å². The lowest BCUT2D eigenvalue weighted by Crippen LogP contribution is -2.11. The molecule has 0 spiro atoms. The van der Waals surface area contributed by atoms with E-state index < -0.39 is 5.97 Å². The molecule has 16 heavy (non-hydrogen) atoms. The van der Waals surface area contributed by atoms with Gasteiger partial charge in [-0.2, -0.15) is 0 Å². The van der Waals surface area contributed by atoms with Crippen LogP contribution < -0.4 is 10.1 Å². The molecule has 86 valence electrons. The highest BCUT2D eigenvalue weighted by molar-refractivity contribution is 5.97. The molecule has 1 aromatic carbocycles. The van der Waals surface area contributed by atoms with E-state index in [0.717, 1.165) is 0 Å². The minimum Gasteiger partial charge on any atom is -0.495 e. The maximum atomic E-state index is 11.0. The number of carbonyl (C=O) groups excluding carboxylic acids is 1. The first-order valence-electron chi connectivity index (χ1n) is 4.65. The largest absolute Gasteiger partial charge is 0.495 e. The van der Waals surface area contributed by atoms with Crippen molar-refractivity contribution in [2.45, 2.75) is 13.8 Å². The van der Waals surface area contributed by atoms with Crippen LogP contribution in [-0.2, 0) is 4.79 Å². The van der Waals surface area contributed by atoms with E-state index in [9.17, 15) is 9.59 Å². The van der Waals surface area contributed by atoms with E-state index in [1.54, 1.807) is 6.92 Å². The summed E-state index contributed by atoms with van der Waals surface area (Å²) in [5.74, 6) is -0.867. The van der Waals surface area contributed by atoms with Gasteiger partial charge >= 0.3 is 5.97 Å². The summed E-state index contributed by atoms with van der Waals surface area (Å²) in [5.41, 5.74) is 1.02. The van der Waals surface area contributed by atoms with Crippen molar-refractivity contribution in [2.75, 3.05) is 12.4 Å². The monoisotopic (exact) mass is 223 g/mol. The van der Waals surface area contributed by atoms with E-state index in [2.05, 4.69) is 5.32 Å². The van der Waals surface area contributed by atoms with E-state index in [1.807, 2.05) is 0 Å². The molecular weight excluding hydrogens is 210 g/mol. The molecule has 0 aliphatic heterocycles. The molecule has 0 saturated heterocycles. The summed E-state index contributed by atoms with van der Waals surface area (Å²) in [4.78, 5) is 21.9. The van der Waals surface area contributed by atoms with Crippen LogP contribution in [0.4, 0.5) is 5.69 Å². The average molecular weight is 223 g/mol. The Bertz CT molecular complexity index is 440. The minimum atomic E-state index is -1.04. The summed E-state index contributed by atoms with van der Waals surface area (Å²) >= 11 is 0. The first-order chi connectivity index (χ1) is 7.47. The number of hydrogen-bond donors (Lipinski definition) is 2. The molecule has 1 aromatic rings. The lowest BCUT2D eigenvalue weighted by Gasteiger charge is -2.13. The summed E-state index contributed by atoms with van der Waals surface area (Å²) in [6, 6.07) is 2.96. The molecule has 0 aliphatic carbocycles. The zero-order valence-corrected chi connectivity index (χ0v) is 9.33. The van der Waals surface area contributed by atoms with Gasteiger partial charge in [-0.15, -0.1) is 0 Å². The summed E-state index contributed by atoms with van der Waals surface area (Å²) in [6.45, 7) is 2.98. The average Bonchev–Trinajstić information content (AvgIpc) is 2.19. The zero-order valence-electron chi connectivity index (χ0n) is 9.33. The fourth-order valence-corrected chi connectivity index (χ4v) is 1.42. The van der Waals surface area contributed by atoms with Crippen molar-refractivity contribution in [1.29, 1.82) is 0 Å². The summed E-state index contributed by atoms with van der Waals surface area (Å²) in [6.07, 6.45) is 0. The van der Waals surface area contributed by atoms with Gasteiger partial charge in [0.15, 0.2) is 0 Å². The van der Waals surface area contributed by atoms with Crippen molar-refractivity contribution in [1.82, 2.24) is 0 Å². The van der Waals surface area contributed by atoms with Gasteiger partial charge in [-0.05, 0) is 24.6 Å². The Morgan fingerprint density at radius 2 is 2.00 bits per heavy atom. The van der Waals surface area contributed by atoms with Crippen LogP contribution in [0, 0.1) is 6.92 Å². The van der Waals surface area contributed by atoms with Crippen LogP contribution in [0.15, 0.2) is 12.1 Å². The highest BCUT2D eigenvalue weighted by Gasteiger charge is 2.15. The summed E-state index contributed by atoms with van der Waals surface area (Å²) < 4.78 is 5.05. The van der Waals surface area contributed by atoms with Gasteiger partial charge in [0.05, 0.1) is 18.4 Å². The number of carboxylic acids is 1. The molecule has 1 amide bonds. The van der Waals surface area contributed by atoms with Gasteiger partial charge in [-0.1, -0.05) is 0 Å². The van der Waals surface area contributed by atoms with Crippen LogP contribution in [0.5, 0.6) is 5.75 Å². The third-order valence-corrected chi connectivity index (χ3v) is 2.18. The maximum absolute atomic E-state index is 11.0. The lowest BCUT2D eigenvalue weighted by atomic mass is 10.1. The molecule has 0 atom stereocenters. The van der Waals surface area contributed by atoms with Gasteiger partial charge in [-0.25, -0.2) is 4.79 Å². The highest BCUT2D eigenvalue weighted by Crippen LogP contribution is 2.30. The van der Waals surface area contributed by atoms with Crippen molar-refractivity contribution < 1.29 is 19.4 Å². The molecule has 5 nitrogen and oxygen atoms in total. The smallest absolute Gasteiger partial charge is 0.336 e. The first-order valence-corrected chi connectivity index (χ1v) is 4.65. The van der Waals surface area contributed by atoms with Gasteiger partial charge in [-0.3, -0.25) is 4.79 Å². The first kappa shape index (κ1) is 12.0. The number of carbonyl (C=O) groups is 2. The Balaban J connectivity index is 3.34. The van der Waals surface area contributed by atoms with Crippen LogP contribution in [0.1, 0.15) is 22.8 Å². The summed E-state index contributed by atoms with van der Waals surface area (Å²) in [5, 5.41) is 11.5. The third kappa shape index (κ3) is 2.31. The van der Waals surface area contributed by atoms with Crippen molar-refractivity contribution in [3.05, 3.63) is 23.3 Å². The number of aromatic carboxylic acids is 1. The molecule has 0 fully saturated rings. The number of amides is 1. The molecule has 0 aliphatic rings. The quantitative estimate of drug-likeness (QED) is 0.817. The summed E-state index contributed by atoms with van der Waals surface area (Å²) in [7, 11) is 1.46. The minimum absolute atomic E-state index is 0.143. The SMILES string of the molecule is COc1ccc(C(=O)O)c(C)c1NC(C)=O. The molecular formula is C11H13NO4. The molecule has 0 bridgehead atoms. The van der Waals surface area contributed by atoms with Crippen LogP contribution >= 0.6 is 0 Å². The van der Waals surface area contributed by atoms with Gasteiger partial charge in [0.2, 0.25) is 5.91 Å². The predicted octanol–water partition coefficient (Wildman–Crippen LogP) is 1.66. The molecule has 5 heteroatoms. The van der Waals surface area contributed by atoms with E-state index in [0.29, 0.717) is 17.0 Å². The van der Waals surface area contributed by atoms with Crippen LogP contribution in [-0.4, -0.2) is 24.1 Å². The Hall–Kier alpha value is -2.04. The normalized spacial score (nSPS) is 9.69. The van der Waals surface area contributed by atoms with Gasteiger partial charge in [0.1, 0.15) is 5.75 Å². The lowest BCUT2D eigenvalue weighted by molar-refractivity contribution is -0.114. The zero-order chi connectivity index (χ0) is 12.3. The fourth-order valence-electron chi connectivity index (χ4n) is 1.42. The molecule has 0 heterocycles. The second-order valence-corrected chi connectivity index (χ2v) is 3.30. The molecule has 0 radical (unpaired) electrons. The molecule has 0 unspecified atom stereocenters. The number of benzene rings is 1. The van der Waals surface area contributed by atoms with Crippen LogP contribution in [0.3, 0.4) is 0 Å². The molecule has 0 aromatic heterocycles. The standard InChI is InChI=1S/C11H13NO4/c1-6-8(11(14)15)4-5-9(16-3)10(6)12-7(2)13/h4-5H,1-3H3,(H,12,13)(H,14,15). The molecule has 2 N–H and O–H groups in total. The predicted molar refractivity (Wildman–Crippen MR) is 59.0 cm³/mol. The molecule has 1 rings (SSSR count). The van der Waals surface area contributed by atoms with Gasteiger partial charge in [0, 0.05) is 6.92 Å². The van der Waals surface area contributed by atoms with Crippen molar-refractivity contribution in [3.8, 4) is 5.75 Å². The number of methoxy groups -OCH3 is 1. The number of ether oxygens (including phenoxy) is 1. The Kier molecular flexibility index (Phi) is 3.50. The third-order valence-electron chi connectivity index (χ3n) is 2.18. The van der Waals surface area contributed by atoms with Crippen LogP contribution in [0.2, 0.25) is 0 Å². The maximum Gasteiger partial charge on any atom is 0.336 e. The Morgan fingerprint density at radius 1 is 1.38 bits per heavy atom. The van der Waals surface area contributed by atoms with E-state index >= 15 is 0 Å². The second kappa shape index (κ2) is 4.65. The van der Waals surface area contributed by atoms with E-state index in [-0.39, 0.29) is 11.5 Å². The number of carboxylic acid groups (broad SMARTS) is 1. The number of anilines is 1. The Morgan fingerprint density at radius 3 is 2.44 bits per heavy atom. The van der Waals surface area contributed by atoms with Crippen LogP contribution in [0.25, 0.3) is 0 Å². The number of rotatable bonds is 3. The van der Waals surface area contributed by atoms with E-state index in [4.69, 9.17) is 9.84 Å². The fraction of sp³-hybridized carbons (Fsp3) is 0.273. The molecule has 0 saturated carbocycles. The number of hydrogen-bond acceptors (Lipinski definition) is 3.